The summed E-state index contributed by atoms with van der Waals surface area (Å²) >= 11 is 2.22. The van der Waals surface area contributed by atoms with Crippen molar-refractivity contribution < 1.29 is 14.6 Å². The highest BCUT2D eigenvalue weighted by Crippen LogP contribution is 2.30. The maximum atomic E-state index is 12.7. The highest BCUT2D eigenvalue weighted by molar-refractivity contribution is 14.1. The van der Waals surface area contributed by atoms with Crippen molar-refractivity contribution in [2.75, 3.05) is 11.6 Å². The third-order valence-electron chi connectivity index (χ3n) is 3.73. The Balaban J connectivity index is 1.92. The third-order valence-corrected chi connectivity index (χ3v) is 4.45. The van der Waals surface area contributed by atoms with Crippen LogP contribution in [-0.2, 0) is 4.79 Å². The summed E-state index contributed by atoms with van der Waals surface area (Å²) in [6.07, 6.45) is 1.76. The number of phenols is 1. The van der Waals surface area contributed by atoms with Crippen molar-refractivity contribution >= 4 is 46.0 Å². The molecule has 0 spiro atoms. The van der Waals surface area contributed by atoms with E-state index in [0.717, 1.165) is 14.8 Å². The summed E-state index contributed by atoms with van der Waals surface area (Å²) in [4.78, 5) is 12.7. The average molecular weight is 448 g/mol. The van der Waals surface area contributed by atoms with Crippen molar-refractivity contribution in [2.45, 2.75) is 13.8 Å². The summed E-state index contributed by atoms with van der Waals surface area (Å²) in [6, 6.07) is 12.6. The van der Waals surface area contributed by atoms with Gasteiger partial charge in [-0.1, -0.05) is 6.07 Å². The molecule has 0 aromatic heterocycles. The first-order valence-electron chi connectivity index (χ1n) is 7.82. The van der Waals surface area contributed by atoms with Gasteiger partial charge in [-0.05, 0) is 84.5 Å². The first kappa shape index (κ1) is 17.5. The summed E-state index contributed by atoms with van der Waals surface area (Å²) in [5.74, 6) is 0.295. The van der Waals surface area contributed by atoms with Crippen LogP contribution in [0.5, 0.6) is 11.5 Å². The van der Waals surface area contributed by atoms with Crippen molar-refractivity contribution in [1.82, 2.24) is 0 Å². The molecule has 1 amide bonds. The van der Waals surface area contributed by atoms with Crippen LogP contribution in [0.3, 0.4) is 0 Å². The third kappa shape index (κ3) is 3.68. The topological polar surface area (TPSA) is 62.1 Å². The van der Waals surface area contributed by atoms with Gasteiger partial charge in [-0.3, -0.25) is 4.79 Å². The van der Waals surface area contributed by atoms with E-state index in [4.69, 9.17) is 4.74 Å². The van der Waals surface area contributed by atoms with Crippen molar-refractivity contribution in [3.8, 4) is 11.5 Å². The predicted octanol–water partition coefficient (Wildman–Crippen LogP) is 4.20. The van der Waals surface area contributed by atoms with Crippen molar-refractivity contribution in [3.05, 3.63) is 57.2 Å². The van der Waals surface area contributed by atoms with Gasteiger partial charge in [-0.15, -0.1) is 0 Å². The molecule has 0 fully saturated rings. The van der Waals surface area contributed by atoms with E-state index in [2.05, 4.69) is 27.7 Å². The van der Waals surface area contributed by atoms with Crippen LogP contribution >= 0.6 is 22.6 Å². The van der Waals surface area contributed by atoms with E-state index in [9.17, 15) is 9.90 Å². The van der Waals surface area contributed by atoms with Gasteiger partial charge in [0.25, 0.3) is 5.91 Å². The second-order valence-electron chi connectivity index (χ2n) is 5.50. The van der Waals surface area contributed by atoms with E-state index < -0.39 is 0 Å². The zero-order chi connectivity index (χ0) is 18.0. The Morgan fingerprint density at radius 2 is 1.96 bits per heavy atom. The quantitative estimate of drug-likeness (QED) is 0.564. The SMILES string of the molecule is CCOc1cc(/C=C2\C(=O)N(c3ccc(I)cc3)N=C2C)ccc1O. The van der Waals surface area contributed by atoms with Crippen LogP contribution in [-0.4, -0.2) is 23.3 Å². The van der Waals surface area contributed by atoms with Crippen LogP contribution in [0.1, 0.15) is 19.4 Å². The van der Waals surface area contributed by atoms with Crippen LogP contribution in [0.4, 0.5) is 5.69 Å². The number of anilines is 1. The van der Waals surface area contributed by atoms with Crippen LogP contribution in [0.25, 0.3) is 6.08 Å². The Bertz CT molecular complexity index is 873. The minimum absolute atomic E-state index is 0.0765. The molecule has 1 heterocycles. The summed E-state index contributed by atoms with van der Waals surface area (Å²) in [5.41, 5.74) is 2.67. The number of benzene rings is 2. The van der Waals surface area contributed by atoms with Crippen molar-refractivity contribution in [3.63, 3.8) is 0 Å². The van der Waals surface area contributed by atoms with E-state index in [0.29, 0.717) is 23.6 Å². The molecule has 0 saturated heterocycles. The second-order valence-corrected chi connectivity index (χ2v) is 6.74. The molecule has 3 rings (SSSR count). The fraction of sp³-hybridized carbons (Fsp3) is 0.158. The van der Waals surface area contributed by atoms with Gasteiger partial charge >= 0.3 is 0 Å². The first-order valence-corrected chi connectivity index (χ1v) is 8.90. The number of ether oxygens (including phenoxy) is 1. The molecular weight excluding hydrogens is 431 g/mol. The molecule has 1 aliphatic heterocycles. The minimum Gasteiger partial charge on any atom is -0.504 e. The van der Waals surface area contributed by atoms with Gasteiger partial charge in [0.1, 0.15) is 0 Å². The molecule has 0 aliphatic carbocycles. The molecule has 1 N–H and O–H groups in total. The number of hydrogen-bond donors (Lipinski definition) is 1. The monoisotopic (exact) mass is 448 g/mol. The Kier molecular flexibility index (Phi) is 5.08. The number of aromatic hydroxyl groups is 1. The van der Waals surface area contributed by atoms with Crippen LogP contribution in [0.15, 0.2) is 53.1 Å². The summed E-state index contributed by atoms with van der Waals surface area (Å²) < 4.78 is 6.49. The van der Waals surface area contributed by atoms with Gasteiger partial charge in [0.05, 0.1) is 23.6 Å². The molecular formula is C19H17IN2O3. The fourth-order valence-corrected chi connectivity index (χ4v) is 2.86. The zero-order valence-electron chi connectivity index (χ0n) is 13.9. The highest BCUT2D eigenvalue weighted by atomic mass is 127. The lowest BCUT2D eigenvalue weighted by Gasteiger charge is -2.11. The molecule has 128 valence electrons. The highest BCUT2D eigenvalue weighted by Gasteiger charge is 2.28. The van der Waals surface area contributed by atoms with Crippen LogP contribution < -0.4 is 9.75 Å². The number of nitrogens with zero attached hydrogens (tertiary/aromatic N) is 2. The fourth-order valence-electron chi connectivity index (χ4n) is 2.50. The molecule has 0 unspecified atom stereocenters. The van der Waals surface area contributed by atoms with E-state index in [1.54, 1.807) is 31.2 Å². The maximum Gasteiger partial charge on any atom is 0.280 e. The Labute approximate surface area is 159 Å². The lowest BCUT2D eigenvalue weighted by molar-refractivity contribution is -0.114. The van der Waals surface area contributed by atoms with E-state index in [1.807, 2.05) is 31.2 Å². The average Bonchev–Trinajstić information content (AvgIpc) is 2.87. The Hall–Kier alpha value is -2.35. The van der Waals surface area contributed by atoms with E-state index in [1.165, 1.54) is 5.01 Å². The van der Waals surface area contributed by atoms with E-state index in [-0.39, 0.29) is 11.7 Å². The Morgan fingerprint density at radius 1 is 1.24 bits per heavy atom. The molecule has 2 aromatic carbocycles. The molecule has 0 saturated carbocycles. The van der Waals surface area contributed by atoms with Gasteiger partial charge in [0.2, 0.25) is 0 Å². The number of hydrazone groups is 1. The second kappa shape index (κ2) is 7.26. The molecule has 0 bridgehead atoms. The number of carbonyl (C=O) groups excluding carboxylic acids is 1. The lowest BCUT2D eigenvalue weighted by Crippen LogP contribution is -2.21. The lowest BCUT2D eigenvalue weighted by atomic mass is 10.1. The first-order chi connectivity index (χ1) is 12.0. The normalized spacial score (nSPS) is 15.6. The van der Waals surface area contributed by atoms with E-state index >= 15 is 0 Å². The number of phenolic OH excluding ortho intramolecular Hbond substituents is 1. The Morgan fingerprint density at radius 3 is 2.64 bits per heavy atom. The van der Waals surface area contributed by atoms with Gasteiger partial charge in [-0.25, -0.2) is 0 Å². The maximum absolute atomic E-state index is 12.7. The summed E-state index contributed by atoms with van der Waals surface area (Å²) in [5, 5.41) is 15.6. The van der Waals surface area contributed by atoms with Crippen LogP contribution in [0, 0.1) is 3.57 Å². The van der Waals surface area contributed by atoms with Gasteiger partial charge in [0, 0.05) is 3.57 Å². The molecule has 0 atom stereocenters. The zero-order valence-corrected chi connectivity index (χ0v) is 16.0. The molecule has 25 heavy (non-hydrogen) atoms. The number of amides is 1. The van der Waals surface area contributed by atoms with Gasteiger partial charge in [-0.2, -0.15) is 10.1 Å². The van der Waals surface area contributed by atoms with Crippen LogP contribution in [0.2, 0.25) is 0 Å². The molecule has 0 radical (unpaired) electrons. The number of carbonyl (C=O) groups is 1. The summed E-state index contributed by atoms with van der Waals surface area (Å²) in [7, 11) is 0. The number of rotatable bonds is 4. The predicted molar refractivity (Wildman–Crippen MR) is 107 cm³/mol. The number of halogens is 1. The minimum atomic E-state index is -0.176. The molecule has 1 aliphatic rings. The number of hydrogen-bond acceptors (Lipinski definition) is 4. The standard InChI is InChI=1S/C19H17IN2O3/c1-3-25-18-11-13(4-9-17(18)23)10-16-12(2)21-22(19(16)24)15-7-5-14(20)6-8-15/h4-11,23H,3H2,1-2H3/b16-10-. The van der Waals surface area contributed by atoms with Crippen molar-refractivity contribution in [2.24, 2.45) is 5.10 Å². The van der Waals surface area contributed by atoms with Gasteiger partial charge in [0.15, 0.2) is 11.5 Å². The summed E-state index contributed by atoms with van der Waals surface area (Å²) in [6.45, 7) is 4.11. The molecule has 5 nitrogen and oxygen atoms in total. The van der Waals surface area contributed by atoms with Gasteiger partial charge < -0.3 is 9.84 Å². The largest absolute Gasteiger partial charge is 0.504 e. The molecule has 2 aromatic rings. The van der Waals surface area contributed by atoms with Crippen molar-refractivity contribution in [1.29, 1.82) is 0 Å². The molecule has 6 heteroatoms. The smallest absolute Gasteiger partial charge is 0.280 e.